The lowest BCUT2D eigenvalue weighted by atomic mass is 10.2. The zero-order valence-electron chi connectivity index (χ0n) is 13.5. The summed E-state index contributed by atoms with van der Waals surface area (Å²) in [5.74, 6) is -0.514. The van der Waals surface area contributed by atoms with Gasteiger partial charge in [0.15, 0.2) is 0 Å². The summed E-state index contributed by atoms with van der Waals surface area (Å²) >= 11 is 0. The van der Waals surface area contributed by atoms with Crippen molar-refractivity contribution in [2.75, 3.05) is 13.6 Å². The maximum atomic E-state index is 12.4. The van der Waals surface area contributed by atoms with Gasteiger partial charge in [0.2, 0.25) is 10.0 Å². The molecule has 6 nitrogen and oxygen atoms in total. The standard InChI is InChI=1S/C17H19N3O3S/c1-14-8-10-16(11-9-14)24(22,23)20(2)13-17(21)19-18-12-15-6-4-3-5-7-15/h3-12H,13H2,1-2H3,(H,19,21)/b18-12+. The van der Waals surface area contributed by atoms with Crippen molar-refractivity contribution in [3.63, 3.8) is 0 Å². The highest BCUT2D eigenvalue weighted by molar-refractivity contribution is 7.89. The molecule has 0 unspecified atom stereocenters. The summed E-state index contributed by atoms with van der Waals surface area (Å²) < 4.78 is 25.8. The highest BCUT2D eigenvalue weighted by atomic mass is 32.2. The Morgan fingerprint density at radius 2 is 1.75 bits per heavy atom. The third-order valence-electron chi connectivity index (χ3n) is 3.30. The average molecular weight is 345 g/mol. The molecule has 0 spiro atoms. The first kappa shape index (κ1) is 17.8. The van der Waals surface area contributed by atoms with Crippen LogP contribution in [0.5, 0.6) is 0 Å². The molecule has 1 amide bonds. The average Bonchev–Trinajstić information content (AvgIpc) is 2.56. The van der Waals surface area contributed by atoms with E-state index in [4.69, 9.17) is 0 Å². The van der Waals surface area contributed by atoms with Crippen LogP contribution in [0.15, 0.2) is 64.6 Å². The molecule has 0 bridgehead atoms. The molecule has 0 atom stereocenters. The second-order valence-corrected chi connectivity index (χ2v) is 7.32. The third kappa shape index (κ3) is 4.74. The van der Waals surface area contributed by atoms with Crippen LogP contribution in [-0.2, 0) is 14.8 Å². The number of sulfonamides is 1. The van der Waals surface area contributed by atoms with E-state index in [2.05, 4.69) is 10.5 Å². The summed E-state index contributed by atoms with van der Waals surface area (Å²) in [6.45, 7) is 1.56. The second-order valence-electron chi connectivity index (χ2n) is 5.28. The minimum Gasteiger partial charge on any atom is -0.272 e. The molecular formula is C17H19N3O3S. The van der Waals surface area contributed by atoms with E-state index in [9.17, 15) is 13.2 Å². The molecule has 0 saturated carbocycles. The molecule has 126 valence electrons. The van der Waals surface area contributed by atoms with Gasteiger partial charge in [0.25, 0.3) is 5.91 Å². The first-order chi connectivity index (χ1) is 11.4. The van der Waals surface area contributed by atoms with Crippen LogP contribution < -0.4 is 5.43 Å². The summed E-state index contributed by atoms with van der Waals surface area (Å²) in [5.41, 5.74) is 4.11. The number of likely N-dealkylation sites (N-methyl/N-ethyl adjacent to an activating group) is 1. The van der Waals surface area contributed by atoms with Gasteiger partial charge in [-0.1, -0.05) is 48.0 Å². The number of hydrazone groups is 1. The number of aryl methyl sites for hydroxylation is 1. The van der Waals surface area contributed by atoms with E-state index >= 15 is 0 Å². The Morgan fingerprint density at radius 3 is 2.38 bits per heavy atom. The number of hydrogen-bond donors (Lipinski definition) is 1. The predicted molar refractivity (Wildman–Crippen MR) is 93.2 cm³/mol. The van der Waals surface area contributed by atoms with Crippen LogP contribution in [0.2, 0.25) is 0 Å². The van der Waals surface area contributed by atoms with Gasteiger partial charge >= 0.3 is 0 Å². The summed E-state index contributed by atoms with van der Waals surface area (Å²) in [6, 6.07) is 15.7. The molecule has 1 N–H and O–H groups in total. The van der Waals surface area contributed by atoms with Crippen LogP contribution in [0.4, 0.5) is 0 Å². The van der Waals surface area contributed by atoms with E-state index in [1.807, 2.05) is 37.3 Å². The Balaban J connectivity index is 1.95. The number of nitrogens with zero attached hydrogens (tertiary/aromatic N) is 2. The van der Waals surface area contributed by atoms with Gasteiger partial charge in [-0.05, 0) is 24.6 Å². The van der Waals surface area contributed by atoms with Gasteiger partial charge in [-0.2, -0.15) is 9.41 Å². The van der Waals surface area contributed by atoms with E-state index in [1.54, 1.807) is 12.1 Å². The van der Waals surface area contributed by atoms with Crippen molar-refractivity contribution in [3.05, 3.63) is 65.7 Å². The number of rotatable bonds is 6. The van der Waals surface area contributed by atoms with Crippen molar-refractivity contribution < 1.29 is 13.2 Å². The fourth-order valence-electron chi connectivity index (χ4n) is 1.93. The molecule has 2 aromatic carbocycles. The van der Waals surface area contributed by atoms with Gasteiger partial charge in [0, 0.05) is 7.05 Å². The Hall–Kier alpha value is -2.51. The molecule has 0 heterocycles. The number of hydrogen-bond acceptors (Lipinski definition) is 4. The fourth-order valence-corrected chi connectivity index (χ4v) is 3.06. The number of carbonyl (C=O) groups is 1. The highest BCUT2D eigenvalue weighted by Crippen LogP contribution is 2.14. The van der Waals surface area contributed by atoms with Gasteiger partial charge in [-0.3, -0.25) is 4.79 Å². The highest BCUT2D eigenvalue weighted by Gasteiger charge is 2.22. The van der Waals surface area contributed by atoms with Crippen LogP contribution in [0.3, 0.4) is 0 Å². The summed E-state index contributed by atoms with van der Waals surface area (Å²) in [5, 5.41) is 3.81. The van der Waals surface area contributed by atoms with E-state index in [0.29, 0.717) is 0 Å². The van der Waals surface area contributed by atoms with Crippen LogP contribution in [0.1, 0.15) is 11.1 Å². The lowest BCUT2D eigenvalue weighted by Crippen LogP contribution is -2.36. The van der Waals surface area contributed by atoms with Crippen molar-refractivity contribution >= 4 is 22.1 Å². The first-order valence-electron chi connectivity index (χ1n) is 7.29. The zero-order valence-corrected chi connectivity index (χ0v) is 14.3. The molecule has 0 aromatic heterocycles. The van der Waals surface area contributed by atoms with E-state index in [0.717, 1.165) is 15.4 Å². The van der Waals surface area contributed by atoms with Gasteiger partial charge in [-0.15, -0.1) is 0 Å². The van der Waals surface area contributed by atoms with Crippen molar-refractivity contribution in [2.24, 2.45) is 5.10 Å². The quantitative estimate of drug-likeness (QED) is 0.640. The lowest BCUT2D eigenvalue weighted by Gasteiger charge is -2.16. The van der Waals surface area contributed by atoms with E-state index < -0.39 is 15.9 Å². The Morgan fingerprint density at radius 1 is 1.12 bits per heavy atom. The smallest absolute Gasteiger partial charge is 0.255 e. The van der Waals surface area contributed by atoms with E-state index in [1.165, 1.54) is 25.4 Å². The molecular weight excluding hydrogens is 326 g/mol. The molecule has 0 aliphatic heterocycles. The molecule has 24 heavy (non-hydrogen) atoms. The van der Waals surface area contributed by atoms with Crippen LogP contribution >= 0.6 is 0 Å². The first-order valence-corrected chi connectivity index (χ1v) is 8.73. The molecule has 2 aromatic rings. The maximum Gasteiger partial charge on any atom is 0.255 e. The van der Waals surface area contributed by atoms with Gasteiger partial charge < -0.3 is 0 Å². The fraction of sp³-hybridized carbons (Fsp3) is 0.176. The van der Waals surface area contributed by atoms with Crippen molar-refractivity contribution in [1.82, 2.24) is 9.73 Å². The summed E-state index contributed by atoms with van der Waals surface area (Å²) in [6.07, 6.45) is 1.49. The number of nitrogens with one attached hydrogen (secondary N) is 1. The van der Waals surface area contributed by atoms with Gasteiger partial charge in [0.1, 0.15) is 0 Å². The molecule has 0 saturated heterocycles. The van der Waals surface area contributed by atoms with E-state index in [-0.39, 0.29) is 11.4 Å². The normalized spacial score (nSPS) is 11.8. The minimum atomic E-state index is -3.71. The molecule has 0 aliphatic rings. The van der Waals surface area contributed by atoms with Crippen LogP contribution in [-0.4, -0.2) is 38.4 Å². The van der Waals surface area contributed by atoms with Crippen molar-refractivity contribution in [3.8, 4) is 0 Å². The van der Waals surface area contributed by atoms with Gasteiger partial charge in [0.05, 0.1) is 17.7 Å². The third-order valence-corrected chi connectivity index (χ3v) is 5.12. The SMILES string of the molecule is Cc1ccc(S(=O)(=O)N(C)CC(=O)N/N=C/c2ccccc2)cc1. The monoisotopic (exact) mass is 345 g/mol. The molecule has 2 rings (SSSR count). The number of benzene rings is 2. The maximum absolute atomic E-state index is 12.4. The number of amides is 1. The van der Waals surface area contributed by atoms with Crippen molar-refractivity contribution in [1.29, 1.82) is 0 Å². The molecule has 0 fully saturated rings. The molecule has 0 radical (unpaired) electrons. The zero-order chi connectivity index (χ0) is 17.6. The largest absolute Gasteiger partial charge is 0.272 e. The Kier molecular flexibility index (Phi) is 5.83. The Labute approximate surface area is 141 Å². The van der Waals surface area contributed by atoms with Gasteiger partial charge in [-0.25, -0.2) is 13.8 Å². The molecule has 7 heteroatoms. The topological polar surface area (TPSA) is 78.8 Å². The van der Waals surface area contributed by atoms with Crippen LogP contribution in [0.25, 0.3) is 0 Å². The number of carbonyl (C=O) groups excluding carboxylic acids is 1. The minimum absolute atomic E-state index is 0.149. The van der Waals surface area contributed by atoms with Crippen LogP contribution in [0, 0.1) is 6.92 Å². The lowest BCUT2D eigenvalue weighted by molar-refractivity contribution is -0.121. The summed E-state index contributed by atoms with van der Waals surface area (Å²) in [7, 11) is -2.35. The molecule has 0 aliphatic carbocycles. The second kappa shape index (κ2) is 7.85. The predicted octanol–water partition coefficient (Wildman–Crippen LogP) is 1.77. The Bertz CT molecular complexity index is 816. The summed E-state index contributed by atoms with van der Waals surface area (Å²) in [4.78, 5) is 12.0. The van der Waals surface area contributed by atoms with Crippen molar-refractivity contribution in [2.45, 2.75) is 11.8 Å².